The maximum atomic E-state index is 13.1. The van der Waals surface area contributed by atoms with Gasteiger partial charge in [-0.2, -0.15) is 0 Å². The molecule has 0 aromatic carbocycles. The van der Waals surface area contributed by atoms with E-state index < -0.39 is 97.5 Å². The number of hydrogen-bond donors (Lipinski definition) is 3. The fraction of sp³-hybridized carbons (Fsp3) is 0.951. The van der Waals surface area contributed by atoms with Crippen LogP contribution in [0.25, 0.3) is 0 Å². The zero-order valence-corrected chi connectivity index (χ0v) is 67.3. The minimum atomic E-state index is -4.96. The fourth-order valence-electron chi connectivity index (χ4n) is 12.5. The van der Waals surface area contributed by atoms with Gasteiger partial charge in [0.1, 0.15) is 19.3 Å². The molecule has 0 saturated heterocycles. The van der Waals surface area contributed by atoms with Crippen molar-refractivity contribution in [2.24, 2.45) is 11.8 Å². The Kier molecular flexibility index (Phi) is 71.2. The van der Waals surface area contributed by atoms with Crippen LogP contribution in [0.1, 0.15) is 427 Å². The largest absolute Gasteiger partial charge is 0.472 e. The summed E-state index contributed by atoms with van der Waals surface area (Å²) in [6.45, 7) is 9.58. The van der Waals surface area contributed by atoms with Gasteiger partial charge < -0.3 is 33.8 Å². The summed E-state index contributed by atoms with van der Waals surface area (Å²) in [5.41, 5.74) is 0. The summed E-state index contributed by atoms with van der Waals surface area (Å²) in [5.74, 6) is -0.627. The number of carbonyl (C=O) groups is 4. The zero-order chi connectivity index (χ0) is 73.5. The highest BCUT2D eigenvalue weighted by molar-refractivity contribution is 7.47. The molecule has 0 aliphatic carbocycles. The van der Waals surface area contributed by atoms with Crippen molar-refractivity contribution in [1.29, 1.82) is 0 Å². The molecule has 0 amide bonds. The molecule has 0 aromatic rings. The molecule has 0 fully saturated rings. The van der Waals surface area contributed by atoms with Gasteiger partial charge in [-0.25, -0.2) is 9.13 Å². The Balaban J connectivity index is 5.22. The minimum absolute atomic E-state index is 0.107. The van der Waals surface area contributed by atoms with Gasteiger partial charge in [-0.05, 0) is 37.5 Å². The van der Waals surface area contributed by atoms with Crippen LogP contribution in [-0.4, -0.2) is 96.7 Å². The third-order valence-electron chi connectivity index (χ3n) is 19.0. The number of carbonyl (C=O) groups excluding carboxylic acids is 4. The molecule has 0 heterocycles. The first-order chi connectivity index (χ1) is 48.4. The van der Waals surface area contributed by atoms with Gasteiger partial charge in [0, 0.05) is 25.7 Å². The molecule has 0 radical (unpaired) electrons. The van der Waals surface area contributed by atoms with Gasteiger partial charge in [0.25, 0.3) is 0 Å². The Hall–Kier alpha value is -1.94. The van der Waals surface area contributed by atoms with Crippen LogP contribution in [-0.2, 0) is 65.4 Å². The lowest BCUT2D eigenvalue weighted by molar-refractivity contribution is -0.161. The number of ether oxygens (including phenoxy) is 4. The summed E-state index contributed by atoms with van der Waals surface area (Å²) in [6.07, 6.45) is 62.6. The molecule has 17 nitrogen and oxygen atoms in total. The predicted molar refractivity (Wildman–Crippen MR) is 409 cm³/mol. The number of aliphatic hydroxyl groups excluding tert-OH is 1. The summed E-state index contributed by atoms with van der Waals surface area (Å²) in [6, 6.07) is 0. The first-order valence-corrected chi connectivity index (χ1v) is 45.0. The van der Waals surface area contributed by atoms with Crippen LogP contribution < -0.4 is 0 Å². The normalized spacial score (nSPS) is 13.9. The summed E-state index contributed by atoms with van der Waals surface area (Å²) >= 11 is 0. The van der Waals surface area contributed by atoms with E-state index in [0.29, 0.717) is 31.6 Å². The topological polar surface area (TPSA) is 237 Å². The third kappa shape index (κ3) is 74.3. The van der Waals surface area contributed by atoms with Crippen LogP contribution in [0.15, 0.2) is 0 Å². The monoisotopic (exact) mass is 1470 g/mol. The molecule has 0 aliphatic heterocycles. The molecule has 0 bridgehead atoms. The Morgan fingerprint density at radius 1 is 0.270 bits per heavy atom. The van der Waals surface area contributed by atoms with Crippen molar-refractivity contribution >= 4 is 39.5 Å². The lowest BCUT2D eigenvalue weighted by Gasteiger charge is -2.21. The second kappa shape index (κ2) is 72.6. The van der Waals surface area contributed by atoms with Crippen molar-refractivity contribution in [3.8, 4) is 0 Å². The molecule has 0 saturated carbocycles. The van der Waals surface area contributed by atoms with Gasteiger partial charge in [0.05, 0.1) is 26.4 Å². The van der Waals surface area contributed by atoms with E-state index in [1.54, 1.807) is 0 Å². The van der Waals surface area contributed by atoms with Crippen LogP contribution in [0.3, 0.4) is 0 Å². The van der Waals surface area contributed by atoms with Crippen LogP contribution >= 0.6 is 15.6 Å². The van der Waals surface area contributed by atoms with E-state index in [1.807, 2.05) is 0 Å². The maximum absolute atomic E-state index is 13.1. The van der Waals surface area contributed by atoms with E-state index in [1.165, 1.54) is 238 Å². The first-order valence-electron chi connectivity index (χ1n) is 42.0. The molecule has 100 heavy (non-hydrogen) atoms. The molecule has 0 aliphatic rings. The molecule has 5 atom stereocenters. The highest BCUT2D eigenvalue weighted by atomic mass is 31.2. The Morgan fingerprint density at radius 2 is 0.460 bits per heavy atom. The van der Waals surface area contributed by atoms with Crippen molar-refractivity contribution in [2.45, 2.75) is 445 Å². The molecular formula is C81H158O17P2. The number of phosphoric acid groups is 2. The van der Waals surface area contributed by atoms with E-state index >= 15 is 0 Å². The van der Waals surface area contributed by atoms with Gasteiger partial charge in [-0.3, -0.25) is 37.3 Å². The van der Waals surface area contributed by atoms with Crippen molar-refractivity contribution in [3.63, 3.8) is 0 Å². The second-order valence-corrected chi connectivity index (χ2v) is 33.0. The number of unbranched alkanes of at least 4 members (excludes halogenated alkanes) is 50. The van der Waals surface area contributed by atoms with Crippen LogP contribution in [0.5, 0.6) is 0 Å². The molecule has 594 valence electrons. The quantitative estimate of drug-likeness (QED) is 0.0222. The van der Waals surface area contributed by atoms with Gasteiger partial charge >= 0.3 is 39.5 Å². The molecule has 0 spiro atoms. The van der Waals surface area contributed by atoms with E-state index in [4.69, 9.17) is 37.0 Å². The fourth-order valence-corrected chi connectivity index (χ4v) is 14.1. The van der Waals surface area contributed by atoms with Gasteiger partial charge in [0.15, 0.2) is 12.2 Å². The molecule has 3 N–H and O–H groups in total. The summed E-state index contributed by atoms with van der Waals surface area (Å²) < 4.78 is 68.7. The third-order valence-corrected chi connectivity index (χ3v) is 20.9. The lowest BCUT2D eigenvalue weighted by atomic mass is 10.0. The van der Waals surface area contributed by atoms with E-state index in [9.17, 15) is 43.2 Å². The van der Waals surface area contributed by atoms with E-state index in [-0.39, 0.29) is 25.7 Å². The Labute approximate surface area is 613 Å². The molecular weight excluding hydrogens is 1310 g/mol. The Morgan fingerprint density at radius 3 is 0.680 bits per heavy atom. The highest BCUT2D eigenvalue weighted by Crippen LogP contribution is 2.45. The predicted octanol–water partition coefficient (Wildman–Crippen LogP) is 24.3. The number of esters is 4. The van der Waals surface area contributed by atoms with Gasteiger partial charge in [0.2, 0.25) is 0 Å². The van der Waals surface area contributed by atoms with Crippen LogP contribution in [0, 0.1) is 11.8 Å². The van der Waals surface area contributed by atoms with Crippen molar-refractivity contribution in [2.75, 3.05) is 39.6 Å². The van der Waals surface area contributed by atoms with Crippen molar-refractivity contribution in [3.05, 3.63) is 0 Å². The summed E-state index contributed by atoms with van der Waals surface area (Å²) in [4.78, 5) is 73.0. The number of hydrogen-bond acceptors (Lipinski definition) is 15. The second-order valence-electron chi connectivity index (χ2n) is 30.1. The Bertz CT molecular complexity index is 1920. The maximum Gasteiger partial charge on any atom is 0.472 e. The highest BCUT2D eigenvalue weighted by Gasteiger charge is 2.30. The van der Waals surface area contributed by atoms with Gasteiger partial charge in [-0.1, -0.05) is 375 Å². The van der Waals surface area contributed by atoms with Crippen molar-refractivity contribution in [1.82, 2.24) is 0 Å². The van der Waals surface area contributed by atoms with Crippen LogP contribution in [0.2, 0.25) is 0 Å². The lowest BCUT2D eigenvalue weighted by Crippen LogP contribution is -2.30. The molecule has 19 heteroatoms. The van der Waals surface area contributed by atoms with E-state index in [2.05, 4.69) is 41.5 Å². The average molecular weight is 1470 g/mol. The van der Waals surface area contributed by atoms with Crippen LogP contribution in [0.4, 0.5) is 0 Å². The summed E-state index contributed by atoms with van der Waals surface area (Å²) in [5, 5.41) is 10.6. The van der Waals surface area contributed by atoms with Gasteiger partial charge in [-0.15, -0.1) is 0 Å². The molecule has 2 unspecified atom stereocenters. The smallest absolute Gasteiger partial charge is 0.462 e. The molecule has 0 aromatic heterocycles. The van der Waals surface area contributed by atoms with E-state index in [0.717, 1.165) is 102 Å². The SMILES string of the molecule is CCCCCCCCCCCCCCCCCCCCC(=O)OC[C@H](COP(=O)(O)OC[C@@H](O)COP(=O)(O)OC[C@@H](COC(=O)CCCCCCCCC(C)C)OC(=O)CCCCCCCCCCCCCCCCC)OC(=O)CCCCCCCCCCCCCCCCCC(C)C. The number of rotatable bonds is 80. The average Bonchev–Trinajstić information content (AvgIpc) is 0.940. The minimum Gasteiger partial charge on any atom is -0.462 e. The summed E-state index contributed by atoms with van der Waals surface area (Å²) in [7, 11) is -9.92. The number of phosphoric ester groups is 2. The first kappa shape index (κ1) is 98.1. The standard InChI is InChI=1S/C81H158O17P2/c1-7-9-11-13-15-17-19-21-23-24-25-29-32-36-40-44-51-57-63-78(83)91-69-76(97-80(85)65-60-54-46-42-38-34-30-26-28-31-35-39-43-49-55-61-73(3)4)71-95-99(87,88)93-67-75(82)68-94-100(89,90)96-72-77(70-92-79(84)64-58-52-48-47-50-56-62-74(5)6)98-81(86)66-59-53-45-41-37-33-27-22-20-18-16-14-12-10-8-2/h73-77,82H,7-72H2,1-6H3,(H,87,88)(H,89,90)/t75-,76-,77-/m1/s1. The number of aliphatic hydroxyl groups is 1. The molecule has 0 rings (SSSR count). The van der Waals surface area contributed by atoms with Crippen molar-refractivity contribution < 1.29 is 80.2 Å². The zero-order valence-electron chi connectivity index (χ0n) is 65.5.